The SMILES string of the molecule is O=C(Nc1ccc(/C=C/c2ccc(NC(=O)[C@@H]3CCCN3C(=O)Cc3ccccc3OCc3ccccc3)cc2)cc1)[C@@H]1CCCN1. The number of para-hydroxylation sites is 1. The molecule has 0 bridgehead atoms. The van der Waals surface area contributed by atoms with E-state index in [4.69, 9.17) is 4.74 Å². The van der Waals surface area contributed by atoms with Gasteiger partial charge in [-0.15, -0.1) is 0 Å². The smallest absolute Gasteiger partial charge is 0.247 e. The van der Waals surface area contributed by atoms with Gasteiger partial charge in [0.2, 0.25) is 17.7 Å². The number of hydrogen-bond acceptors (Lipinski definition) is 5. The first-order valence-electron chi connectivity index (χ1n) is 16.3. The van der Waals surface area contributed by atoms with Crippen LogP contribution in [0.15, 0.2) is 103 Å². The molecule has 6 rings (SSSR count). The summed E-state index contributed by atoms with van der Waals surface area (Å²) in [5, 5.41) is 9.19. The molecule has 2 aliphatic heterocycles. The van der Waals surface area contributed by atoms with Gasteiger partial charge in [-0.1, -0.05) is 84.9 Å². The number of nitrogens with zero attached hydrogens (tertiary/aromatic N) is 1. The summed E-state index contributed by atoms with van der Waals surface area (Å²) in [7, 11) is 0. The second-order valence-corrected chi connectivity index (χ2v) is 12.0. The number of anilines is 2. The third-order valence-electron chi connectivity index (χ3n) is 8.63. The van der Waals surface area contributed by atoms with Crippen molar-refractivity contribution in [2.45, 2.75) is 50.8 Å². The van der Waals surface area contributed by atoms with E-state index in [2.05, 4.69) is 16.0 Å². The molecule has 4 aromatic carbocycles. The average molecular weight is 629 g/mol. The van der Waals surface area contributed by atoms with Crippen molar-refractivity contribution in [3.63, 3.8) is 0 Å². The van der Waals surface area contributed by atoms with Gasteiger partial charge in [0.1, 0.15) is 18.4 Å². The minimum Gasteiger partial charge on any atom is -0.489 e. The molecule has 2 heterocycles. The molecule has 0 aliphatic carbocycles. The van der Waals surface area contributed by atoms with Gasteiger partial charge in [0.15, 0.2) is 0 Å². The molecule has 2 saturated heterocycles. The van der Waals surface area contributed by atoms with Gasteiger partial charge in [-0.3, -0.25) is 14.4 Å². The minimum absolute atomic E-state index is 0.0104. The van der Waals surface area contributed by atoms with Crippen LogP contribution in [0.4, 0.5) is 11.4 Å². The Labute approximate surface area is 275 Å². The van der Waals surface area contributed by atoms with E-state index >= 15 is 0 Å². The van der Waals surface area contributed by atoms with Gasteiger partial charge in [0.25, 0.3) is 0 Å². The lowest BCUT2D eigenvalue weighted by Gasteiger charge is -2.24. The zero-order valence-electron chi connectivity index (χ0n) is 26.4. The van der Waals surface area contributed by atoms with Crippen molar-refractivity contribution in [2.75, 3.05) is 23.7 Å². The van der Waals surface area contributed by atoms with Crippen LogP contribution < -0.4 is 20.7 Å². The Morgan fingerprint density at radius 2 is 1.38 bits per heavy atom. The number of amides is 3. The highest BCUT2D eigenvalue weighted by Gasteiger charge is 2.34. The maximum Gasteiger partial charge on any atom is 0.247 e. The molecule has 2 aliphatic rings. The van der Waals surface area contributed by atoms with Crippen molar-refractivity contribution in [1.29, 1.82) is 0 Å². The zero-order valence-corrected chi connectivity index (χ0v) is 26.4. The summed E-state index contributed by atoms with van der Waals surface area (Å²) < 4.78 is 6.05. The highest BCUT2D eigenvalue weighted by molar-refractivity contribution is 5.98. The van der Waals surface area contributed by atoms with Crippen LogP contribution >= 0.6 is 0 Å². The summed E-state index contributed by atoms with van der Waals surface area (Å²) in [6.45, 7) is 1.86. The van der Waals surface area contributed by atoms with Crippen LogP contribution in [0, 0.1) is 0 Å². The fraction of sp³-hybridized carbons (Fsp3) is 0.256. The number of carbonyl (C=O) groups excluding carboxylic acids is 3. The van der Waals surface area contributed by atoms with Gasteiger partial charge < -0.3 is 25.6 Å². The van der Waals surface area contributed by atoms with E-state index in [-0.39, 0.29) is 30.2 Å². The van der Waals surface area contributed by atoms with Crippen LogP contribution in [-0.2, 0) is 27.4 Å². The summed E-state index contributed by atoms with van der Waals surface area (Å²) >= 11 is 0. The predicted molar refractivity (Wildman–Crippen MR) is 186 cm³/mol. The first kappa shape index (κ1) is 31.8. The molecule has 8 heteroatoms. The molecule has 2 fully saturated rings. The van der Waals surface area contributed by atoms with E-state index < -0.39 is 6.04 Å². The molecule has 0 spiro atoms. The second kappa shape index (κ2) is 15.4. The first-order chi connectivity index (χ1) is 23.0. The van der Waals surface area contributed by atoms with Crippen LogP contribution in [0.5, 0.6) is 5.75 Å². The van der Waals surface area contributed by atoms with Crippen molar-refractivity contribution in [2.24, 2.45) is 0 Å². The van der Waals surface area contributed by atoms with Gasteiger partial charge in [-0.25, -0.2) is 0 Å². The van der Waals surface area contributed by atoms with Gasteiger partial charge >= 0.3 is 0 Å². The Morgan fingerprint density at radius 1 is 0.745 bits per heavy atom. The van der Waals surface area contributed by atoms with Gasteiger partial charge in [-0.2, -0.15) is 0 Å². The van der Waals surface area contributed by atoms with Crippen molar-refractivity contribution in [3.8, 4) is 5.75 Å². The highest BCUT2D eigenvalue weighted by atomic mass is 16.5. The molecule has 2 atom stereocenters. The Kier molecular flexibility index (Phi) is 10.4. The normalized spacial score (nSPS) is 17.5. The summed E-state index contributed by atoms with van der Waals surface area (Å²) in [6.07, 6.45) is 7.49. The van der Waals surface area contributed by atoms with E-state index in [0.717, 1.165) is 53.7 Å². The highest BCUT2D eigenvalue weighted by Crippen LogP contribution is 2.25. The molecule has 240 valence electrons. The molecule has 4 aromatic rings. The maximum absolute atomic E-state index is 13.4. The van der Waals surface area contributed by atoms with Gasteiger partial charge in [0, 0.05) is 23.5 Å². The summed E-state index contributed by atoms with van der Waals surface area (Å²) in [6, 6.07) is 32.2. The van der Waals surface area contributed by atoms with Crippen LogP contribution in [0.2, 0.25) is 0 Å². The van der Waals surface area contributed by atoms with E-state index in [0.29, 0.717) is 31.0 Å². The van der Waals surface area contributed by atoms with E-state index in [1.807, 2.05) is 115 Å². The number of benzene rings is 4. The predicted octanol–water partition coefficient (Wildman–Crippen LogP) is 6.30. The lowest BCUT2D eigenvalue weighted by atomic mass is 10.1. The fourth-order valence-electron chi connectivity index (χ4n) is 6.04. The Morgan fingerprint density at radius 3 is 2.04 bits per heavy atom. The lowest BCUT2D eigenvalue weighted by Crippen LogP contribution is -2.43. The molecular weight excluding hydrogens is 588 g/mol. The zero-order chi connectivity index (χ0) is 32.4. The molecule has 47 heavy (non-hydrogen) atoms. The molecule has 0 unspecified atom stereocenters. The maximum atomic E-state index is 13.4. The molecule has 0 radical (unpaired) electrons. The Balaban J connectivity index is 1.00. The van der Waals surface area contributed by atoms with E-state index in [1.54, 1.807) is 4.90 Å². The third-order valence-corrected chi connectivity index (χ3v) is 8.63. The first-order valence-corrected chi connectivity index (χ1v) is 16.3. The summed E-state index contributed by atoms with van der Waals surface area (Å²) in [4.78, 5) is 40.7. The minimum atomic E-state index is -0.512. The number of hydrogen-bond donors (Lipinski definition) is 3. The molecule has 0 saturated carbocycles. The fourth-order valence-corrected chi connectivity index (χ4v) is 6.04. The number of nitrogens with one attached hydrogen (secondary N) is 3. The standard InChI is InChI=1S/C39H40N4O4/c44-37(26-31-10-4-5-13-36(31)47-27-30-8-2-1-3-9-30)43-25-7-12-35(43)39(46)42-33-22-18-29(19-23-33)15-14-28-16-20-32(21-17-28)41-38(45)34-11-6-24-40-34/h1-5,8-10,13-23,34-35,40H,6-7,11-12,24-27H2,(H,41,45)(H,42,46)/b15-14+/t34-,35-/m0/s1. The number of rotatable bonds is 11. The van der Waals surface area contributed by atoms with Crippen LogP contribution in [0.1, 0.15) is 47.9 Å². The Bertz CT molecular complexity index is 1700. The quantitative estimate of drug-likeness (QED) is 0.169. The number of likely N-dealkylation sites (tertiary alicyclic amines) is 1. The van der Waals surface area contributed by atoms with Crippen LogP contribution in [0.3, 0.4) is 0 Å². The van der Waals surface area contributed by atoms with Crippen molar-refractivity contribution >= 4 is 41.2 Å². The van der Waals surface area contributed by atoms with Gasteiger partial charge in [0.05, 0.1) is 12.5 Å². The van der Waals surface area contributed by atoms with Crippen molar-refractivity contribution in [1.82, 2.24) is 10.2 Å². The molecule has 3 N–H and O–H groups in total. The average Bonchev–Trinajstić information content (AvgIpc) is 3.83. The second-order valence-electron chi connectivity index (χ2n) is 12.0. The number of carbonyl (C=O) groups is 3. The number of ether oxygens (including phenoxy) is 1. The third kappa shape index (κ3) is 8.54. The Hall–Kier alpha value is -5.21. The largest absolute Gasteiger partial charge is 0.489 e. The lowest BCUT2D eigenvalue weighted by molar-refractivity contribution is -0.136. The van der Waals surface area contributed by atoms with Crippen molar-refractivity contribution in [3.05, 3.63) is 125 Å². The summed E-state index contributed by atoms with van der Waals surface area (Å²) in [5.41, 5.74) is 5.32. The molecule has 8 nitrogen and oxygen atoms in total. The monoisotopic (exact) mass is 628 g/mol. The molecule has 0 aromatic heterocycles. The summed E-state index contributed by atoms with van der Waals surface area (Å²) in [5.74, 6) is 0.428. The molecular formula is C39H40N4O4. The van der Waals surface area contributed by atoms with Gasteiger partial charge in [-0.05, 0) is 79.3 Å². The van der Waals surface area contributed by atoms with E-state index in [1.165, 1.54) is 0 Å². The van der Waals surface area contributed by atoms with Crippen LogP contribution in [0.25, 0.3) is 12.2 Å². The van der Waals surface area contributed by atoms with Crippen LogP contribution in [-0.4, -0.2) is 47.8 Å². The van der Waals surface area contributed by atoms with E-state index in [9.17, 15) is 14.4 Å². The topological polar surface area (TPSA) is 99.8 Å². The van der Waals surface area contributed by atoms with Crippen molar-refractivity contribution < 1.29 is 19.1 Å². The molecule has 3 amide bonds.